The maximum atomic E-state index is 13.8. The monoisotopic (exact) mass is 426 g/mol. The van der Waals surface area contributed by atoms with Crippen LogP contribution in [0, 0.1) is 17.0 Å². The molecule has 0 radical (unpaired) electrons. The van der Waals surface area contributed by atoms with Gasteiger partial charge in [-0.25, -0.2) is 8.78 Å². The Morgan fingerprint density at radius 1 is 1.26 bits per heavy atom. The summed E-state index contributed by atoms with van der Waals surface area (Å²) >= 11 is 0. The van der Waals surface area contributed by atoms with Crippen molar-refractivity contribution in [1.29, 1.82) is 5.41 Å². The third-order valence-corrected chi connectivity index (χ3v) is 4.54. The van der Waals surface area contributed by atoms with E-state index >= 15 is 0 Å². The number of amides is 1. The molecule has 0 unspecified atom stereocenters. The molecule has 2 aromatic heterocycles. The zero-order valence-electron chi connectivity index (χ0n) is 16.9. The van der Waals surface area contributed by atoms with Gasteiger partial charge < -0.3 is 10.3 Å². The number of nitrogens with zero attached hydrogens (tertiary/aromatic N) is 5. The number of aromatic nitrogens is 3. The number of carbonyl (C=O) groups is 1. The SMILES string of the molecule is CCN(CCn1cc(-c2ccc(F)cn2)cn1)C(=O)c1cc(F)ccc1[NH2+]/N=C\C=N. The van der Waals surface area contributed by atoms with Gasteiger partial charge in [-0.15, -0.1) is 0 Å². The third-order valence-electron chi connectivity index (χ3n) is 4.54. The smallest absolute Gasteiger partial charge is 0.260 e. The van der Waals surface area contributed by atoms with Gasteiger partial charge in [-0.3, -0.25) is 14.5 Å². The van der Waals surface area contributed by atoms with E-state index in [1.165, 1.54) is 35.9 Å². The quantitative estimate of drug-likeness (QED) is 0.237. The maximum absolute atomic E-state index is 13.8. The van der Waals surface area contributed by atoms with Crippen LogP contribution in [0.2, 0.25) is 0 Å². The fraction of sp³-hybridized carbons (Fsp3) is 0.190. The molecule has 31 heavy (non-hydrogen) atoms. The van der Waals surface area contributed by atoms with Gasteiger partial charge in [-0.05, 0) is 31.2 Å². The van der Waals surface area contributed by atoms with Gasteiger partial charge in [0.05, 0.1) is 24.6 Å². The van der Waals surface area contributed by atoms with Crippen LogP contribution in [0.5, 0.6) is 0 Å². The second kappa shape index (κ2) is 10.3. The number of carbonyl (C=O) groups excluding carboxylic acids is 1. The lowest BCUT2D eigenvalue weighted by molar-refractivity contribution is -0.577. The molecule has 3 N–H and O–H groups in total. The average Bonchev–Trinajstić information content (AvgIpc) is 3.24. The number of hydrogen-bond donors (Lipinski definition) is 2. The van der Waals surface area contributed by atoms with Gasteiger partial charge in [0.15, 0.2) is 5.69 Å². The van der Waals surface area contributed by atoms with Crippen molar-refractivity contribution >= 4 is 24.0 Å². The number of rotatable bonds is 9. The summed E-state index contributed by atoms with van der Waals surface area (Å²) in [6.45, 7) is 3.03. The van der Waals surface area contributed by atoms with Crippen molar-refractivity contribution in [1.82, 2.24) is 19.7 Å². The van der Waals surface area contributed by atoms with Crippen molar-refractivity contribution in [2.24, 2.45) is 5.10 Å². The second-order valence-corrected chi connectivity index (χ2v) is 6.56. The van der Waals surface area contributed by atoms with Crippen molar-refractivity contribution in [2.45, 2.75) is 13.5 Å². The highest BCUT2D eigenvalue weighted by Crippen LogP contribution is 2.17. The molecule has 2 heterocycles. The molecule has 0 bridgehead atoms. The number of quaternary nitrogens is 1. The highest BCUT2D eigenvalue weighted by atomic mass is 19.1. The molecule has 0 aliphatic rings. The Hall–Kier alpha value is -3.79. The molecule has 0 fully saturated rings. The molecule has 0 atom stereocenters. The maximum Gasteiger partial charge on any atom is 0.260 e. The molecule has 0 saturated carbocycles. The summed E-state index contributed by atoms with van der Waals surface area (Å²) in [5.41, 5.74) is 3.41. The highest BCUT2D eigenvalue weighted by Gasteiger charge is 2.21. The highest BCUT2D eigenvalue weighted by molar-refractivity contribution is 6.14. The second-order valence-electron chi connectivity index (χ2n) is 6.56. The minimum atomic E-state index is -0.517. The summed E-state index contributed by atoms with van der Waals surface area (Å²) in [7, 11) is 0. The summed E-state index contributed by atoms with van der Waals surface area (Å²) in [6.07, 6.45) is 6.81. The van der Waals surface area contributed by atoms with Gasteiger partial charge in [0.2, 0.25) is 0 Å². The van der Waals surface area contributed by atoms with E-state index < -0.39 is 11.6 Å². The van der Waals surface area contributed by atoms with E-state index in [-0.39, 0.29) is 11.5 Å². The molecule has 1 amide bonds. The third kappa shape index (κ3) is 5.64. The normalized spacial score (nSPS) is 11.1. The molecule has 0 aliphatic carbocycles. The van der Waals surface area contributed by atoms with Crippen molar-refractivity contribution in [3.63, 3.8) is 0 Å². The molecular formula is C21H22F2N7O+. The first-order chi connectivity index (χ1) is 15.0. The molecule has 0 saturated heterocycles. The zero-order chi connectivity index (χ0) is 22.2. The Kier molecular flexibility index (Phi) is 7.28. The zero-order valence-corrected chi connectivity index (χ0v) is 16.9. The number of likely N-dealkylation sites (N-methyl/N-ethyl adjacent to an activating group) is 1. The van der Waals surface area contributed by atoms with Crippen LogP contribution in [-0.4, -0.2) is 51.1 Å². The van der Waals surface area contributed by atoms with Crippen molar-refractivity contribution in [3.8, 4) is 11.3 Å². The van der Waals surface area contributed by atoms with E-state index in [2.05, 4.69) is 15.2 Å². The molecular weight excluding hydrogens is 404 g/mol. The van der Waals surface area contributed by atoms with E-state index in [9.17, 15) is 13.6 Å². The first-order valence-electron chi connectivity index (χ1n) is 9.60. The van der Waals surface area contributed by atoms with Gasteiger partial charge in [0.1, 0.15) is 23.4 Å². The molecule has 1 aromatic carbocycles. The number of benzene rings is 1. The molecule has 160 valence electrons. The van der Waals surface area contributed by atoms with Crippen molar-refractivity contribution in [3.05, 3.63) is 66.1 Å². The summed E-state index contributed by atoms with van der Waals surface area (Å²) in [4.78, 5) is 18.6. The van der Waals surface area contributed by atoms with Crippen LogP contribution in [-0.2, 0) is 6.54 Å². The number of hydrogen-bond acceptors (Lipinski definition) is 5. The van der Waals surface area contributed by atoms with Crippen LogP contribution in [0.4, 0.5) is 14.5 Å². The number of pyridine rings is 1. The number of nitrogens with one attached hydrogen (secondary N) is 1. The molecule has 3 rings (SSSR count). The lowest BCUT2D eigenvalue weighted by Gasteiger charge is -2.21. The molecule has 3 aromatic rings. The first kappa shape index (κ1) is 21.9. The van der Waals surface area contributed by atoms with Crippen LogP contribution in [0.1, 0.15) is 17.3 Å². The van der Waals surface area contributed by atoms with E-state index in [4.69, 9.17) is 5.41 Å². The van der Waals surface area contributed by atoms with Crippen LogP contribution in [0.15, 0.2) is 54.0 Å². The van der Waals surface area contributed by atoms with E-state index in [1.54, 1.807) is 28.0 Å². The Balaban J connectivity index is 1.71. The van der Waals surface area contributed by atoms with Crippen molar-refractivity contribution in [2.75, 3.05) is 13.1 Å². The predicted octanol–water partition coefficient (Wildman–Crippen LogP) is 2.22. The molecule has 0 spiro atoms. The van der Waals surface area contributed by atoms with E-state index in [1.807, 2.05) is 6.92 Å². The fourth-order valence-corrected chi connectivity index (χ4v) is 2.95. The van der Waals surface area contributed by atoms with E-state index in [0.717, 1.165) is 18.0 Å². The average molecular weight is 426 g/mol. The Morgan fingerprint density at radius 2 is 2.06 bits per heavy atom. The van der Waals surface area contributed by atoms with E-state index in [0.29, 0.717) is 31.0 Å². The number of halogens is 2. The van der Waals surface area contributed by atoms with Gasteiger partial charge in [0, 0.05) is 37.1 Å². The molecule has 8 nitrogen and oxygen atoms in total. The minimum Gasteiger partial charge on any atom is -0.337 e. The van der Waals surface area contributed by atoms with Crippen LogP contribution in [0.3, 0.4) is 0 Å². The lowest BCUT2D eigenvalue weighted by atomic mass is 10.1. The van der Waals surface area contributed by atoms with Crippen LogP contribution in [0.25, 0.3) is 11.3 Å². The first-order valence-corrected chi connectivity index (χ1v) is 9.60. The summed E-state index contributed by atoms with van der Waals surface area (Å²) in [6, 6.07) is 6.82. The molecule has 0 aliphatic heterocycles. The van der Waals surface area contributed by atoms with Gasteiger partial charge >= 0.3 is 0 Å². The van der Waals surface area contributed by atoms with Crippen LogP contribution < -0.4 is 5.43 Å². The van der Waals surface area contributed by atoms with Gasteiger partial charge in [-0.2, -0.15) is 10.5 Å². The van der Waals surface area contributed by atoms with Gasteiger partial charge in [-0.1, -0.05) is 5.10 Å². The summed E-state index contributed by atoms with van der Waals surface area (Å²) in [5.74, 6) is -1.26. The summed E-state index contributed by atoms with van der Waals surface area (Å²) < 4.78 is 28.5. The standard InChI is InChI=1S/C21H21F2N7O/c1-2-29(21(31)18-11-16(22)3-6-20(18)28-26-8-7-24)9-10-30-14-15(12-27-30)19-5-4-17(23)13-25-19/h3-8,11-14,24,28H,2,9-10H2,1H3/p+1/b24-7?,26-8-. The molecule has 10 heteroatoms. The topological polar surface area (TPSA) is 104 Å². The predicted molar refractivity (Wildman–Crippen MR) is 112 cm³/mol. The number of nitrogens with two attached hydrogens (primary N) is 1. The minimum absolute atomic E-state index is 0.195. The lowest BCUT2D eigenvalue weighted by Crippen LogP contribution is -2.72. The van der Waals surface area contributed by atoms with Crippen LogP contribution >= 0.6 is 0 Å². The Labute approximate surface area is 177 Å². The largest absolute Gasteiger partial charge is 0.337 e. The summed E-state index contributed by atoms with van der Waals surface area (Å²) in [5, 5.41) is 15.2. The van der Waals surface area contributed by atoms with Crippen molar-refractivity contribution < 1.29 is 19.0 Å². The Morgan fingerprint density at radius 3 is 2.77 bits per heavy atom. The van der Waals surface area contributed by atoms with Gasteiger partial charge in [0.25, 0.3) is 5.91 Å². The fourth-order valence-electron chi connectivity index (χ4n) is 2.95. The Bertz CT molecular complexity index is 1080.